The van der Waals surface area contributed by atoms with Gasteiger partial charge in [0.25, 0.3) is 0 Å². The zero-order valence-corrected chi connectivity index (χ0v) is 17.3. The highest BCUT2D eigenvalue weighted by Crippen LogP contribution is 2.38. The van der Waals surface area contributed by atoms with Crippen molar-refractivity contribution >= 4 is 28.5 Å². The van der Waals surface area contributed by atoms with Crippen molar-refractivity contribution in [3.8, 4) is 5.88 Å². The smallest absolute Gasteiger partial charge is 0.418 e. The Balaban J connectivity index is 1.59. The largest absolute Gasteiger partial charge is 0.494 e. The Bertz CT molecular complexity index is 1170. The Morgan fingerprint density at radius 2 is 2.06 bits per heavy atom. The number of aromatic hydroxyl groups is 1. The first-order chi connectivity index (χ1) is 15.0. The normalized spacial score (nSPS) is 18.6. The average Bonchev–Trinajstić information content (AvgIpc) is 3.23. The van der Waals surface area contributed by atoms with Crippen LogP contribution in [0.4, 0.5) is 28.9 Å². The van der Waals surface area contributed by atoms with Crippen LogP contribution < -0.4 is 5.32 Å². The minimum absolute atomic E-state index is 0.00505. The van der Waals surface area contributed by atoms with Crippen molar-refractivity contribution in [2.24, 2.45) is 4.99 Å². The van der Waals surface area contributed by atoms with Gasteiger partial charge in [0.2, 0.25) is 0 Å². The van der Waals surface area contributed by atoms with Crippen LogP contribution in [-0.2, 0) is 15.7 Å². The quantitative estimate of drug-likeness (QED) is 0.361. The van der Waals surface area contributed by atoms with Gasteiger partial charge >= 0.3 is 6.18 Å². The van der Waals surface area contributed by atoms with Crippen molar-refractivity contribution in [3.05, 3.63) is 53.3 Å². The average molecular weight is 451 g/mol. The molecule has 0 amide bonds. The molecule has 170 valence electrons. The number of hydrogen-bond donors (Lipinski definition) is 3. The fourth-order valence-electron chi connectivity index (χ4n) is 3.57. The maximum absolute atomic E-state index is 14.2. The summed E-state index contributed by atoms with van der Waals surface area (Å²) >= 11 is 0. The molecule has 32 heavy (non-hydrogen) atoms. The summed E-state index contributed by atoms with van der Waals surface area (Å²) in [6.07, 6.45) is -3.88. The maximum atomic E-state index is 14.2. The molecule has 2 aromatic carbocycles. The molecular weight excluding hydrogens is 430 g/mol. The van der Waals surface area contributed by atoms with Crippen molar-refractivity contribution in [2.45, 2.75) is 31.9 Å². The molecule has 1 unspecified atom stereocenters. The van der Waals surface area contributed by atoms with Gasteiger partial charge in [-0.15, -0.1) is 0 Å². The van der Waals surface area contributed by atoms with Crippen molar-refractivity contribution in [1.29, 1.82) is 0 Å². The molecule has 0 spiro atoms. The van der Waals surface area contributed by atoms with Gasteiger partial charge in [-0.2, -0.15) is 13.2 Å². The van der Waals surface area contributed by atoms with E-state index in [1.807, 2.05) is 0 Å². The number of H-pyrrole nitrogens is 1. The third-order valence-electron chi connectivity index (χ3n) is 5.03. The van der Waals surface area contributed by atoms with E-state index in [2.05, 4.69) is 15.3 Å². The van der Waals surface area contributed by atoms with E-state index in [-0.39, 0.29) is 47.5 Å². The van der Waals surface area contributed by atoms with Crippen molar-refractivity contribution in [3.63, 3.8) is 0 Å². The van der Waals surface area contributed by atoms with E-state index in [1.165, 1.54) is 24.3 Å². The van der Waals surface area contributed by atoms with Crippen LogP contribution in [0.5, 0.6) is 5.88 Å². The lowest BCUT2D eigenvalue weighted by Crippen LogP contribution is -2.26. The van der Waals surface area contributed by atoms with Gasteiger partial charge in [-0.05, 0) is 44.2 Å². The van der Waals surface area contributed by atoms with E-state index in [4.69, 9.17) is 9.47 Å². The molecule has 1 fully saturated rings. The second-order valence-corrected chi connectivity index (χ2v) is 7.87. The summed E-state index contributed by atoms with van der Waals surface area (Å²) in [5.74, 6) is -1.69. The van der Waals surface area contributed by atoms with E-state index < -0.39 is 23.3 Å². The number of hydrogen-bond acceptors (Lipinski definition) is 5. The molecule has 10 heteroatoms. The van der Waals surface area contributed by atoms with Crippen molar-refractivity contribution in [1.82, 2.24) is 4.98 Å². The van der Waals surface area contributed by atoms with E-state index in [1.54, 1.807) is 19.9 Å². The summed E-state index contributed by atoms with van der Waals surface area (Å²) in [7, 11) is 0. The first-order valence-corrected chi connectivity index (χ1v) is 9.83. The Morgan fingerprint density at radius 3 is 2.75 bits per heavy atom. The van der Waals surface area contributed by atoms with E-state index in [0.29, 0.717) is 5.52 Å². The maximum Gasteiger partial charge on any atom is 0.418 e. The summed E-state index contributed by atoms with van der Waals surface area (Å²) in [6, 6.07) is 7.81. The summed E-state index contributed by atoms with van der Waals surface area (Å²) < 4.78 is 66.1. The number of alkyl halides is 3. The van der Waals surface area contributed by atoms with Gasteiger partial charge in [0, 0.05) is 23.8 Å². The number of aromatic nitrogens is 1. The summed E-state index contributed by atoms with van der Waals surface area (Å²) in [6.45, 7) is 3.88. The van der Waals surface area contributed by atoms with Gasteiger partial charge in [-0.25, -0.2) is 4.39 Å². The number of aliphatic imine (C=N–C) groups is 1. The number of aromatic amines is 1. The Morgan fingerprint density at radius 1 is 1.28 bits per heavy atom. The van der Waals surface area contributed by atoms with E-state index in [0.717, 1.165) is 12.3 Å². The molecule has 1 saturated heterocycles. The molecule has 0 saturated carbocycles. The highest BCUT2D eigenvalue weighted by Gasteiger charge is 2.35. The van der Waals surface area contributed by atoms with E-state index in [9.17, 15) is 22.7 Å². The predicted octanol–water partition coefficient (Wildman–Crippen LogP) is 5.35. The van der Waals surface area contributed by atoms with Crippen LogP contribution in [0.2, 0.25) is 0 Å². The minimum Gasteiger partial charge on any atom is -0.494 e. The molecule has 3 N–H and O–H groups in total. The van der Waals surface area contributed by atoms with Gasteiger partial charge in [0.05, 0.1) is 28.9 Å². The minimum atomic E-state index is -4.63. The lowest BCUT2D eigenvalue weighted by molar-refractivity contribution is -0.138. The summed E-state index contributed by atoms with van der Waals surface area (Å²) in [5, 5.41) is 12.9. The Labute approximate surface area is 180 Å². The molecule has 2 heterocycles. The molecule has 6 nitrogen and oxygen atoms in total. The van der Waals surface area contributed by atoms with Gasteiger partial charge in [0.15, 0.2) is 11.7 Å². The number of nitrogens with zero attached hydrogens (tertiary/aromatic N) is 1. The van der Waals surface area contributed by atoms with Crippen LogP contribution >= 0.6 is 0 Å². The third kappa shape index (κ3) is 4.56. The van der Waals surface area contributed by atoms with Crippen LogP contribution in [-0.4, -0.2) is 41.3 Å². The topological polar surface area (TPSA) is 78.9 Å². The third-order valence-corrected chi connectivity index (χ3v) is 5.03. The highest BCUT2D eigenvalue weighted by molar-refractivity contribution is 6.02. The van der Waals surface area contributed by atoms with Crippen molar-refractivity contribution < 1.29 is 32.1 Å². The molecule has 1 atom stereocenters. The Kier molecular flexibility index (Phi) is 5.59. The fourth-order valence-corrected chi connectivity index (χ4v) is 3.57. The molecular formula is C22H21F4N3O3. The van der Waals surface area contributed by atoms with Gasteiger partial charge < -0.3 is 24.9 Å². The second-order valence-electron chi connectivity index (χ2n) is 7.87. The Hall–Kier alpha value is -3.11. The molecule has 0 bridgehead atoms. The number of rotatable bonds is 5. The monoisotopic (exact) mass is 451 g/mol. The van der Waals surface area contributed by atoms with Crippen molar-refractivity contribution in [2.75, 3.05) is 18.5 Å². The lowest BCUT2D eigenvalue weighted by atomic mass is 10.1. The van der Waals surface area contributed by atoms with Crippen LogP contribution in [0, 0.1) is 5.82 Å². The molecule has 1 aliphatic rings. The number of nitrogens with one attached hydrogen (secondary N) is 2. The number of benzene rings is 2. The number of halogens is 4. The van der Waals surface area contributed by atoms with Crippen LogP contribution in [0.3, 0.4) is 0 Å². The lowest BCUT2D eigenvalue weighted by Gasteiger charge is -2.19. The zero-order chi connectivity index (χ0) is 23.1. The molecule has 1 aliphatic heterocycles. The molecule has 3 aromatic rings. The number of fused-ring (bicyclic) bond motifs is 1. The van der Waals surface area contributed by atoms with Gasteiger partial charge in [-0.1, -0.05) is 6.07 Å². The molecule has 4 rings (SSSR count). The second kappa shape index (κ2) is 8.10. The SMILES string of the molecule is CC1(C)OCC(CNc2ccc(N=Cc3c(O)[nH]c4cccc(F)c34)cc2C(F)(F)F)O1. The summed E-state index contributed by atoms with van der Waals surface area (Å²) in [4.78, 5) is 6.64. The zero-order valence-electron chi connectivity index (χ0n) is 17.3. The first-order valence-electron chi connectivity index (χ1n) is 9.83. The van der Waals surface area contributed by atoms with Gasteiger partial charge in [0.1, 0.15) is 11.9 Å². The van der Waals surface area contributed by atoms with Gasteiger partial charge in [-0.3, -0.25) is 4.99 Å². The predicted molar refractivity (Wildman–Crippen MR) is 112 cm³/mol. The van der Waals surface area contributed by atoms with Crippen LogP contribution in [0.1, 0.15) is 25.0 Å². The molecule has 0 aliphatic carbocycles. The first kappa shape index (κ1) is 22.1. The van der Waals surface area contributed by atoms with Crippen LogP contribution in [0.25, 0.3) is 10.9 Å². The fraction of sp³-hybridized carbons (Fsp3) is 0.318. The standard InChI is InChI=1S/C22H21F4N3O3/c1-21(2)31-11-13(32-21)9-28-17-7-6-12(8-15(17)22(24,25)26)27-10-14-19-16(23)4-3-5-18(19)29-20(14)30/h3-8,10,13,28-30H,9,11H2,1-2H3. The molecule has 0 radical (unpaired) electrons. The number of anilines is 1. The summed E-state index contributed by atoms with van der Waals surface area (Å²) in [5.41, 5.74) is -0.629. The molecule has 1 aromatic heterocycles. The van der Waals surface area contributed by atoms with Crippen LogP contribution in [0.15, 0.2) is 41.4 Å². The highest BCUT2D eigenvalue weighted by atomic mass is 19.4. The van der Waals surface area contributed by atoms with E-state index >= 15 is 0 Å². The number of ether oxygens (including phenoxy) is 2.